The number of nitrogens with zero attached hydrogens (tertiary/aromatic N) is 2. The summed E-state index contributed by atoms with van der Waals surface area (Å²) < 4.78 is 26.9. The molecule has 1 amide bonds. The van der Waals surface area contributed by atoms with Crippen LogP contribution >= 0.6 is 0 Å². The number of hydrogen-bond donors (Lipinski definition) is 1. The number of anilines is 1. The van der Waals surface area contributed by atoms with Crippen LogP contribution in [0.5, 0.6) is 0 Å². The Morgan fingerprint density at radius 1 is 1.26 bits per heavy atom. The van der Waals surface area contributed by atoms with Crippen molar-refractivity contribution in [2.24, 2.45) is 5.92 Å². The number of carbonyl (C=O) groups excluding carboxylic acids is 1. The monoisotopic (exact) mass is 339 g/mol. The lowest BCUT2D eigenvalue weighted by atomic mass is 10.1. The van der Waals surface area contributed by atoms with Crippen molar-refractivity contribution in [3.8, 4) is 0 Å². The van der Waals surface area contributed by atoms with Crippen molar-refractivity contribution < 1.29 is 13.2 Å². The molecule has 1 aromatic carbocycles. The first-order valence-corrected chi connectivity index (χ1v) is 9.38. The predicted molar refractivity (Wildman–Crippen MR) is 90.8 cm³/mol. The SMILES string of the molecule is CCC(C)C(=O)Nc1cccc(S(=O)(=O)N2CCN(C)CC2)c1. The van der Waals surface area contributed by atoms with Gasteiger partial charge in [-0.15, -0.1) is 0 Å². The summed E-state index contributed by atoms with van der Waals surface area (Å²) in [5.41, 5.74) is 0.519. The second kappa shape index (κ2) is 7.42. The van der Waals surface area contributed by atoms with Crippen LogP contribution in [-0.2, 0) is 14.8 Å². The first-order chi connectivity index (χ1) is 10.8. The van der Waals surface area contributed by atoms with Crippen LogP contribution in [0.3, 0.4) is 0 Å². The molecule has 0 spiro atoms. The molecule has 1 saturated heterocycles. The van der Waals surface area contributed by atoms with Crippen LogP contribution in [0.1, 0.15) is 20.3 Å². The number of likely N-dealkylation sites (N-methyl/N-ethyl adjacent to an activating group) is 1. The molecule has 128 valence electrons. The van der Waals surface area contributed by atoms with Crippen molar-refractivity contribution in [3.63, 3.8) is 0 Å². The Morgan fingerprint density at radius 3 is 2.52 bits per heavy atom. The smallest absolute Gasteiger partial charge is 0.243 e. The van der Waals surface area contributed by atoms with Crippen LogP contribution in [0.4, 0.5) is 5.69 Å². The third kappa shape index (κ3) is 4.31. The summed E-state index contributed by atoms with van der Waals surface area (Å²) >= 11 is 0. The minimum Gasteiger partial charge on any atom is -0.326 e. The van der Waals surface area contributed by atoms with Crippen molar-refractivity contribution in [3.05, 3.63) is 24.3 Å². The van der Waals surface area contributed by atoms with E-state index in [1.54, 1.807) is 18.2 Å². The maximum atomic E-state index is 12.7. The molecule has 1 aliphatic rings. The molecule has 1 aromatic rings. The zero-order chi connectivity index (χ0) is 17.0. The highest BCUT2D eigenvalue weighted by Gasteiger charge is 2.27. The fourth-order valence-electron chi connectivity index (χ4n) is 2.36. The Morgan fingerprint density at radius 2 is 1.91 bits per heavy atom. The number of piperazine rings is 1. The summed E-state index contributed by atoms with van der Waals surface area (Å²) in [6, 6.07) is 6.49. The number of hydrogen-bond acceptors (Lipinski definition) is 4. The summed E-state index contributed by atoms with van der Waals surface area (Å²) in [6.45, 7) is 6.22. The van der Waals surface area contributed by atoms with Gasteiger partial charge >= 0.3 is 0 Å². The van der Waals surface area contributed by atoms with Gasteiger partial charge in [-0.25, -0.2) is 8.42 Å². The van der Waals surface area contributed by atoms with E-state index in [2.05, 4.69) is 10.2 Å². The van der Waals surface area contributed by atoms with E-state index in [1.807, 2.05) is 20.9 Å². The zero-order valence-electron chi connectivity index (χ0n) is 13.9. The summed E-state index contributed by atoms with van der Waals surface area (Å²) in [5.74, 6) is -0.199. The van der Waals surface area contributed by atoms with Gasteiger partial charge in [0, 0.05) is 37.8 Å². The third-order valence-electron chi connectivity index (χ3n) is 4.26. The summed E-state index contributed by atoms with van der Waals surface area (Å²) in [7, 11) is -1.53. The molecule has 2 rings (SSSR count). The second-order valence-corrected chi connectivity index (χ2v) is 7.97. The lowest BCUT2D eigenvalue weighted by Crippen LogP contribution is -2.47. The van der Waals surface area contributed by atoms with Gasteiger partial charge in [-0.05, 0) is 31.7 Å². The van der Waals surface area contributed by atoms with Crippen LogP contribution in [0.2, 0.25) is 0 Å². The molecule has 23 heavy (non-hydrogen) atoms. The molecular weight excluding hydrogens is 314 g/mol. The maximum Gasteiger partial charge on any atom is 0.243 e. The number of carbonyl (C=O) groups is 1. The number of sulfonamides is 1. The quantitative estimate of drug-likeness (QED) is 0.885. The van der Waals surface area contributed by atoms with E-state index in [-0.39, 0.29) is 16.7 Å². The van der Waals surface area contributed by atoms with E-state index in [0.29, 0.717) is 18.8 Å². The standard InChI is InChI=1S/C16H25N3O3S/c1-4-13(2)16(20)17-14-6-5-7-15(12-14)23(21,22)19-10-8-18(3)9-11-19/h5-7,12-13H,4,8-11H2,1-3H3,(H,17,20). The molecule has 6 nitrogen and oxygen atoms in total. The Hall–Kier alpha value is -1.44. The van der Waals surface area contributed by atoms with E-state index < -0.39 is 10.0 Å². The van der Waals surface area contributed by atoms with Crippen molar-refractivity contribution >= 4 is 21.6 Å². The van der Waals surface area contributed by atoms with Crippen molar-refractivity contribution in [2.75, 3.05) is 38.5 Å². The predicted octanol–water partition coefficient (Wildman–Crippen LogP) is 1.61. The third-order valence-corrected chi connectivity index (χ3v) is 6.16. The van der Waals surface area contributed by atoms with Crippen LogP contribution in [0.15, 0.2) is 29.2 Å². The zero-order valence-corrected chi connectivity index (χ0v) is 14.8. The molecule has 0 bridgehead atoms. The first-order valence-electron chi connectivity index (χ1n) is 7.94. The molecule has 1 N–H and O–H groups in total. The van der Waals surface area contributed by atoms with Gasteiger partial charge in [0.25, 0.3) is 0 Å². The van der Waals surface area contributed by atoms with E-state index in [0.717, 1.165) is 19.5 Å². The van der Waals surface area contributed by atoms with Gasteiger partial charge in [0.15, 0.2) is 0 Å². The molecule has 1 aliphatic heterocycles. The van der Waals surface area contributed by atoms with E-state index in [1.165, 1.54) is 10.4 Å². The molecule has 1 unspecified atom stereocenters. The van der Waals surface area contributed by atoms with Crippen LogP contribution in [0.25, 0.3) is 0 Å². The Kier molecular flexibility index (Phi) is 5.78. The molecule has 1 atom stereocenters. The lowest BCUT2D eigenvalue weighted by molar-refractivity contribution is -0.119. The van der Waals surface area contributed by atoms with Gasteiger partial charge < -0.3 is 10.2 Å². The Bertz CT molecular complexity index is 652. The fourth-order valence-corrected chi connectivity index (χ4v) is 3.83. The molecule has 1 heterocycles. The van der Waals surface area contributed by atoms with Gasteiger partial charge in [-0.3, -0.25) is 4.79 Å². The van der Waals surface area contributed by atoms with Crippen molar-refractivity contribution in [1.82, 2.24) is 9.21 Å². The average molecular weight is 339 g/mol. The second-order valence-electron chi connectivity index (χ2n) is 6.03. The van der Waals surface area contributed by atoms with Crippen molar-refractivity contribution in [1.29, 1.82) is 0 Å². The van der Waals surface area contributed by atoms with E-state index in [9.17, 15) is 13.2 Å². The number of nitrogens with one attached hydrogen (secondary N) is 1. The first kappa shape index (κ1) is 17.9. The summed E-state index contributed by atoms with van der Waals surface area (Å²) in [6.07, 6.45) is 0.741. The highest BCUT2D eigenvalue weighted by atomic mass is 32.2. The largest absolute Gasteiger partial charge is 0.326 e. The number of amides is 1. The molecule has 1 fully saturated rings. The van der Waals surface area contributed by atoms with Gasteiger partial charge in [0.1, 0.15) is 0 Å². The number of benzene rings is 1. The van der Waals surface area contributed by atoms with Gasteiger partial charge in [-0.1, -0.05) is 19.9 Å². The van der Waals surface area contributed by atoms with E-state index >= 15 is 0 Å². The minimum atomic E-state index is -3.51. The van der Waals surface area contributed by atoms with Crippen LogP contribution in [0, 0.1) is 5.92 Å². The van der Waals surface area contributed by atoms with Gasteiger partial charge in [-0.2, -0.15) is 4.31 Å². The van der Waals surface area contributed by atoms with Crippen LogP contribution in [-0.4, -0.2) is 56.8 Å². The van der Waals surface area contributed by atoms with E-state index in [4.69, 9.17) is 0 Å². The molecule has 0 aromatic heterocycles. The van der Waals surface area contributed by atoms with Crippen LogP contribution < -0.4 is 5.32 Å². The molecule has 0 saturated carbocycles. The maximum absolute atomic E-state index is 12.7. The Labute approximate surface area is 138 Å². The molecule has 0 aliphatic carbocycles. The van der Waals surface area contributed by atoms with Gasteiger partial charge in [0.05, 0.1) is 4.90 Å². The fraction of sp³-hybridized carbons (Fsp3) is 0.562. The highest BCUT2D eigenvalue weighted by Crippen LogP contribution is 2.21. The normalized spacial score (nSPS) is 18.6. The summed E-state index contributed by atoms with van der Waals surface area (Å²) in [4.78, 5) is 14.3. The van der Waals surface area contributed by atoms with Crippen molar-refractivity contribution in [2.45, 2.75) is 25.2 Å². The molecule has 0 radical (unpaired) electrons. The highest BCUT2D eigenvalue weighted by molar-refractivity contribution is 7.89. The number of rotatable bonds is 5. The summed E-state index contributed by atoms with van der Waals surface area (Å²) in [5, 5.41) is 2.78. The molecule has 7 heteroatoms. The lowest BCUT2D eigenvalue weighted by Gasteiger charge is -2.31. The molecular formula is C16H25N3O3S. The average Bonchev–Trinajstić information content (AvgIpc) is 2.54. The topological polar surface area (TPSA) is 69.7 Å². The minimum absolute atomic E-state index is 0.0957. The Balaban J connectivity index is 2.17. The van der Waals surface area contributed by atoms with Gasteiger partial charge in [0.2, 0.25) is 15.9 Å².